The first-order valence-corrected chi connectivity index (χ1v) is 6.86. The molecule has 0 spiro atoms. The molecule has 0 bridgehead atoms. The molecule has 23 heavy (non-hydrogen) atoms. The summed E-state index contributed by atoms with van der Waals surface area (Å²) in [4.78, 5) is 11.7. The smallest absolute Gasteiger partial charge is 0.416 e. The van der Waals surface area contributed by atoms with E-state index >= 15 is 0 Å². The van der Waals surface area contributed by atoms with Crippen LogP contribution in [0.15, 0.2) is 42.7 Å². The molecule has 0 fully saturated rings. The van der Waals surface area contributed by atoms with E-state index in [9.17, 15) is 18.0 Å². The normalized spacial score (nSPS) is 11.4. The molecule has 0 N–H and O–H groups in total. The molecule has 0 aliphatic carbocycles. The van der Waals surface area contributed by atoms with Crippen LogP contribution in [0.1, 0.15) is 15.9 Å². The lowest BCUT2D eigenvalue weighted by Crippen LogP contribution is -2.13. The largest absolute Gasteiger partial charge is 0.460 e. The number of benzene rings is 1. The maximum absolute atomic E-state index is 12.4. The quantitative estimate of drug-likeness (QED) is 0.579. The number of alkyl halides is 3. The first-order chi connectivity index (χ1) is 11.0. The number of esters is 1. The van der Waals surface area contributed by atoms with Crippen molar-refractivity contribution in [1.82, 2.24) is 9.78 Å². The molecule has 0 unspecified atom stereocenters. The van der Waals surface area contributed by atoms with E-state index in [1.165, 1.54) is 0 Å². The van der Waals surface area contributed by atoms with E-state index in [1.807, 2.05) is 0 Å². The van der Waals surface area contributed by atoms with Gasteiger partial charge in [-0.3, -0.25) is 4.68 Å². The Kier molecular flexibility index (Phi) is 5.75. The van der Waals surface area contributed by atoms with Crippen molar-refractivity contribution in [2.45, 2.75) is 12.7 Å². The number of nitrogens with zero attached hydrogens (tertiary/aromatic N) is 2. The van der Waals surface area contributed by atoms with Crippen LogP contribution in [0.5, 0.6) is 0 Å². The maximum atomic E-state index is 12.4. The van der Waals surface area contributed by atoms with Crippen LogP contribution in [0.4, 0.5) is 13.2 Å². The maximum Gasteiger partial charge on any atom is 0.416 e. The van der Waals surface area contributed by atoms with Crippen LogP contribution in [-0.4, -0.2) is 35.6 Å². The van der Waals surface area contributed by atoms with Crippen molar-refractivity contribution in [3.05, 3.63) is 53.9 Å². The summed E-state index contributed by atoms with van der Waals surface area (Å²) in [7, 11) is 0. The summed E-state index contributed by atoms with van der Waals surface area (Å²) < 4.78 is 49.1. The summed E-state index contributed by atoms with van der Waals surface area (Å²) in [6, 6.07) is 5.66. The van der Waals surface area contributed by atoms with Gasteiger partial charge in [-0.1, -0.05) is 0 Å². The summed E-state index contributed by atoms with van der Waals surface area (Å²) in [6.07, 6.45) is -0.968. The van der Waals surface area contributed by atoms with Gasteiger partial charge in [0, 0.05) is 12.4 Å². The van der Waals surface area contributed by atoms with Crippen LogP contribution in [-0.2, 0) is 22.2 Å². The fourth-order valence-electron chi connectivity index (χ4n) is 1.76. The van der Waals surface area contributed by atoms with Crippen molar-refractivity contribution in [2.24, 2.45) is 0 Å². The Morgan fingerprint density at radius 2 is 1.87 bits per heavy atom. The number of carbonyl (C=O) groups excluding carboxylic acids is 1. The van der Waals surface area contributed by atoms with Crippen LogP contribution >= 0.6 is 0 Å². The number of aromatic nitrogens is 2. The van der Waals surface area contributed by atoms with Gasteiger partial charge in [0.1, 0.15) is 6.61 Å². The number of hydrogen-bond donors (Lipinski definition) is 0. The van der Waals surface area contributed by atoms with Crippen LogP contribution in [0.25, 0.3) is 0 Å². The van der Waals surface area contributed by atoms with Crippen LogP contribution < -0.4 is 0 Å². The molecule has 1 aromatic carbocycles. The minimum absolute atomic E-state index is 0.0267. The number of hydrogen-bond acceptors (Lipinski definition) is 4. The number of carbonyl (C=O) groups is 1. The highest BCUT2D eigenvalue weighted by Gasteiger charge is 2.30. The highest BCUT2D eigenvalue weighted by atomic mass is 19.4. The van der Waals surface area contributed by atoms with E-state index in [-0.39, 0.29) is 18.8 Å². The van der Waals surface area contributed by atoms with E-state index in [4.69, 9.17) is 9.47 Å². The van der Waals surface area contributed by atoms with Crippen molar-refractivity contribution in [2.75, 3.05) is 19.8 Å². The molecule has 2 rings (SSSR count). The molecule has 0 aliphatic rings. The molecule has 2 aromatic rings. The van der Waals surface area contributed by atoms with Gasteiger partial charge in [-0.05, 0) is 30.3 Å². The fourth-order valence-corrected chi connectivity index (χ4v) is 1.76. The minimum Gasteiger partial charge on any atom is -0.460 e. The summed E-state index contributed by atoms with van der Waals surface area (Å²) in [5.74, 6) is -0.686. The molecule has 8 heteroatoms. The highest BCUT2D eigenvalue weighted by Crippen LogP contribution is 2.29. The van der Waals surface area contributed by atoms with Crippen molar-refractivity contribution in [3.8, 4) is 0 Å². The number of halogens is 3. The Labute approximate surface area is 130 Å². The first kappa shape index (κ1) is 17.0. The van der Waals surface area contributed by atoms with Crippen molar-refractivity contribution in [1.29, 1.82) is 0 Å². The second kappa shape index (κ2) is 7.77. The third-order valence-corrected chi connectivity index (χ3v) is 2.93. The molecule has 0 radical (unpaired) electrons. The lowest BCUT2D eigenvalue weighted by atomic mass is 10.1. The fraction of sp³-hybridized carbons (Fsp3) is 0.333. The number of ether oxygens (including phenoxy) is 2. The number of rotatable bonds is 7. The molecule has 0 aliphatic heterocycles. The Balaban J connectivity index is 1.66. The van der Waals surface area contributed by atoms with Gasteiger partial charge in [-0.2, -0.15) is 18.3 Å². The Hall–Kier alpha value is -2.35. The predicted molar refractivity (Wildman–Crippen MR) is 74.8 cm³/mol. The summed E-state index contributed by atoms with van der Waals surface area (Å²) >= 11 is 0. The molecule has 1 heterocycles. The van der Waals surface area contributed by atoms with Crippen molar-refractivity contribution < 1.29 is 27.4 Å². The van der Waals surface area contributed by atoms with Gasteiger partial charge in [0.05, 0.1) is 30.9 Å². The third-order valence-electron chi connectivity index (χ3n) is 2.93. The lowest BCUT2D eigenvalue weighted by molar-refractivity contribution is -0.137. The first-order valence-electron chi connectivity index (χ1n) is 6.86. The van der Waals surface area contributed by atoms with Gasteiger partial charge in [-0.15, -0.1) is 0 Å². The summed E-state index contributed by atoms with van der Waals surface area (Å²) in [6.45, 7) is 1.23. The molecule has 5 nitrogen and oxygen atoms in total. The van der Waals surface area contributed by atoms with E-state index in [1.54, 1.807) is 23.1 Å². The summed E-state index contributed by atoms with van der Waals surface area (Å²) in [5.41, 5.74) is -0.745. The monoisotopic (exact) mass is 328 g/mol. The second-order valence-electron chi connectivity index (χ2n) is 4.59. The minimum atomic E-state index is -4.43. The Bertz CT molecular complexity index is 610. The Morgan fingerprint density at radius 1 is 1.13 bits per heavy atom. The molecule has 0 atom stereocenters. The highest BCUT2D eigenvalue weighted by molar-refractivity contribution is 5.89. The van der Waals surface area contributed by atoms with Gasteiger partial charge < -0.3 is 9.47 Å². The third kappa shape index (κ3) is 5.41. The zero-order valence-corrected chi connectivity index (χ0v) is 12.1. The molecule has 0 saturated heterocycles. The zero-order valence-electron chi connectivity index (χ0n) is 12.1. The molecule has 0 saturated carbocycles. The molecular weight excluding hydrogens is 313 g/mol. The van der Waals surface area contributed by atoms with Gasteiger partial charge in [0.2, 0.25) is 0 Å². The van der Waals surface area contributed by atoms with Crippen LogP contribution in [0, 0.1) is 0 Å². The lowest BCUT2D eigenvalue weighted by Gasteiger charge is -2.08. The molecule has 124 valence electrons. The van der Waals surface area contributed by atoms with Crippen LogP contribution in [0.2, 0.25) is 0 Å². The molecule has 0 amide bonds. The average molecular weight is 328 g/mol. The standard InChI is InChI=1S/C15H15F3N2O3/c16-15(17,18)13-4-2-12(3-5-13)14(21)23-11-10-22-9-8-20-7-1-6-19-20/h1-7H,8-11H2. The van der Waals surface area contributed by atoms with E-state index in [0.717, 1.165) is 24.3 Å². The molecule has 1 aromatic heterocycles. The average Bonchev–Trinajstić information content (AvgIpc) is 3.03. The zero-order chi connectivity index (χ0) is 16.7. The van der Waals surface area contributed by atoms with E-state index in [0.29, 0.717) is 13.2 Å². The van der Waals surface area contributed by atoms with Gasteiger partial charge in [0.15, 0.2) is 0 Å². The SMILES string of the molecule is O=C(OCCOCCn1cccn1)c1ccc(C(F)(F)F)cc1. The van der Waals surface area contributed by atoms with Gasteiger partial charge in [0.25, 0.3) is 0 Å². The van der Waals surface area contributed by atoms with E-state index < -0.39 is 17.7 Å². The predicted octanol–water partition coefficient (Wildman–Crippen LogP) is 2.78. The van der Waals surface area contributed by atoms with Crippen molar-refractivity contribution >= 4 is 5.97 Å². The van der Waals surface area contributed by atoms with Gasteiger partial charge in [-0.25, -0.2) is 4.79 Å². The second-order valence-corrected chi connectivity index (χ2v) is 4.59. The summed E-state index contributed by atoms with van der Waals surface area (Å²) in [5, 5.41) is 4.00. The topological polar surface area (TPSA) is 53.4 Å². The molecular formula is C15H15F3N2O3. The Morgan fingerprint density at radius 3 is 2.48 bits per heavy atom. The van der Waals surface area contributed by atoms with Crippen molar-refractivity contribution in [3.63, 3.8) is 0 Å². The van der Waals surface area contributed by atoms with Crippen LogP contribution in [0.3, 0.4) is 0 Å². The van der Waals surface area contributed by atoms with E-state index in [2.05, 4.69) is 5.10 Å². The van der Waals surface area contributed by atoms with Gasteiger partial charge >= 0.3 is 12.1 Å².